The number of hydrogen-bond acceptors (Lipinski definition) is 3. The van der Waals surface area contributed by atoms with E-state index in [4.69, 9.17) is 15.0 Å². The number of carboxylic acid groups (broad SMARTS) is 2. The molecular formula is C12H18N2O3. The van der Waals surface area contributed by atoms with Crippen molar-refractivity contribution in [2.24, 2.45) is 0 Å². The van der Waals surface area contributed by atoms with Gasteiger partial charge in [0.05, 0.1) is 0 Å². The van der Waals surface area contributed by atoms with Gasteiger partial charge in [-0.25, -0.2) is 4.79 Å². The predicted octanol–water partition coefficient (Wildman–Crippen LogP) is 1.63. The lowest BCUT2D eigenvalue weighted by Crippen LogP contribution is -2.43. The molecule has 0 bridgehead atoms. The molecule has 0 aromatic heterocycles. The van der Waals surface area contributed by atoms with Gasteiger partial charge in [-0.05, 0) is 19.1 Å². The Balaban J connectivity index is 0.000000317. The van der Waals surface area contributed by atoms with Gasteiger partial charge in [0.25, 0.3) is 0 Å². The van der Waals surface area contributed by atoms with Crippen LogP contribution in [0.5, 0.6) is 0 Å². The van der Waals surface area contributed by atoms with Crippen molar-refractivity contribution in [2.45, 2.75) is 6.92 Å². The second kappa shape index (κ2) is 6.75. The third kappa shape index (κ3) is 5.21. The van der Waals surface area contributed by atoms with E-state index in [0.717, 1.165) is 26.2 Å². The van der Waals surface area contributed by atoms with Crippen molar-refractivity contribution < 1.29 is 15.0 Å². The molecule has 2 rings (SSSR count). The van der Waals surface area contributed by atoms with Crippen molar-refractivity contribution in [2.75, 3.05) is 31.1 Å². The number of rotatable bonds is 1. The van der Waals surface area contributed by atoms with Crippen LogP contribution < -0.4 is 10.2 Å². The molecule has 1 fully saturated rings. The van der Waals surface area contributed by atoms with Crippen LogP contribution in [0.2, 0.25) is 0 Å². The highest BCUT2D eigenvalue weighted by atomic mass is 16.6. The molecule has 1 heterocycles. The van der Waals surface area contributed by atoms with Crippen LogP contribution in [0.1, 0.15) is 5.56 Å². The van der Waals surface area contributed by atoms with Gasteiger partial charge in [-0.3, -0.25) is 0 Å². The highest BCUT2D eigenvalue weighted by Crippen LogP contribution is 2.14. The van der Waals surface area contributed by atoms with Crippen LogP contribution in [0, 0.1) is 6.92 Å². The largest absolute Gasteiger partial charge is 0.503 e. The number of benzene rings is 1. The number of hydrogen-bond donors (Lipinski definition) is 3. The summed E-state index contributed by atoms with van der Waals surface area (Å²) in [5.41, 5.74) is 2.69. The lowest BCUT2D eigenvalue weighted by molar-refractivity contribution is 0.137. The zero-order valence-electron chi connectivity index (χ0n) is 9.89. The number of carbonyl (C=O) groups is 1. The molecule has 1 aliphatic heterocycles. The summed E-state index contributed by atoms with van der Waals surface area (Å²) in [5, 5.41) is 17.3. The quantitative estimate of drug-likeness (QED) is 0.693. The molecule has 0 unspecified atom stereocenters. The van der Waals surface area contributed by atoms with Gasteiger partial charge >= 0.3 is 6.16 Å². The van der Waals surface area contributed by atoms with E-state index in [1.165, 1.54) is 11.3 Å². The van der Waals surface area contributed by atoms with Gasteiger partial charge in [0.2, 0.25) is 0 Å². The number of nitrogens with one attached hydrogen (secondary N) is 1. The van der Waals surface area contributed by atoms with Crippen LogP contribution in [-0.2, 0) is 0 Å². The van der Waals surface area contributed by atoms with Gasteiger partial charge in [-0.2, -0.15) is 0 Å². The molecule has 1 saturated heterocycles. The molecule has 0 saturated carbocycles. The smallest absolute Gasteiger partial charge is 0.450 e. The van der Waals surface area contributed by atoms with Gasteiger partial charge < -0.3 is 20.4 Å². The standard InChI is InChI=1S/C11H16N2.CH2O3/c1-10-2-4-11(5-3-10)13-8-6-12-7-9-13;2-1(3)4/h2-5,12H,6-9H2,1H3;(H2,2,3,4). The highest BCUT2D eigenvalue weighted by molar-refractivity contribution is 5.53. The first-order valence-corrected chi connectivity index (χ1v) is 5.54. The minimum atomic E-state index is -1.83. The lowest BCUT2D eigenvalue weighted by Gasteiger charge is -2.29. The molecule has 1 aliphatic rings. The minimum Gasteiger partial charge on any atom is -0.450 e. The summed E-state index contributed by atoms with van der Waals surface area (Å²) in [5.74, 6) is 0. The van der Waals surface area contributed by atoms with E-state index in [1.54, 1.807) is 0 Å². The Hall–Kier alpha value is -1.75. The average molecular weight is 238 g/mol. The van der Waals surface area contributed by atoms with Crippen molar-refractivity contribution in [1.29, 1.82) is 0 Å². The molecular weight excluding hydrogens is 220 g/mol. The third-order valence-electron chi connectivity index (χ3n) is 2.52. The Morgan fingerprint density at radius 1 is 1.18 bits per heavy atom. The summed E-state index contributed by atoms with van der Waals surface area (Å²) in [4.78, 5) is 11.0. The molecule has 0 spiro atoms. The van der Waals surface area contributed by atoms with Gasteiger partial charge in [0.15, 0.2) is 0 Å². The number of nitrogens with zero attached hydrogens (tertiary/aromatic N) is 1. The van der Waals surface area contributed by atoms with Crippen LogP contribution in [0.4, 0.5) is 10.5 Å². The topological polar surface area (TPSA) is 72.8 Å². The average Bonchev–Trinajstić information content (AvgIpc) is 2.30. The maximum atomic E-state index is 8.56. The molecule has 94 valence electrons. The van der Waals surface area contributed by atoms with E-state index in [1.807, 2.05) is 0 Å². The SMILES string of the molecule is Cc1ccc(N2CCNCC2)cc1.O=C(O)O. The van der Waals surface area contributed by atoms with E-state index < -0.39 is 6.16 Å². The fourth-order valence-corrected chi connectivity index (χ4v) is 1.68. The summed E-state index contributed by atoms with van der Waals surface area (Å²) in [6, 6.07) is 8.77. The molecule has 5 nitrogen and oxygen atoms in total. The van der Waals surface area contributed by atoms with Crippen molar-refractivity contribution >= 4 is 11.8 Å². The summed E-state index contributed by atoms with van der Waals surface area (Å²) >= 11 is 0. The number of anilines is 1. The van der Waals surface area contributed by atoms with E-state index >= 15 is 0 Å². The molecule has 1 aromatic carbocycles. The Bertz CT molecular complexity index is 341. The second-order valence-corrected chi connectivity index (χ2v) is 3.86. The van der Waals surface area contributed by atoms with Gasteiger partial charge in [0.1, 0.15) is 0 Å². The summed E-state index contributed by atoms with van der Waals surface area (Å²) in [6.07, 6.45) is -1.83. The second-order valence-electron chi connectivity index (χ2n) is 3.86. The lowest BCUT2D eigenvalue weighted by atomic mass is 10.2. The van der Waals surface area contributed by atoms with E-state index in [0.29, 0.717) is 0 Å². The van der Waals surface area contributed by atoms with E-state index in [9.17, 15) is 0 Å². The van der Waals surface area contributed by atoms with Crippen LogP contribution in [0.3, 0.4) is 0 Å². The first-order chi connectivity index (χ1) is 8.09. The monoisotopic (exact) mass is 238 g/mol. The molecule has 0 atom stereocenters. The minimum absolute atomic E-state index is 1.11. The Kier molecular flexibility index (Phi) is 5.29. The zero-order valence-corrected chi connectivity index (χ0v) is 9.89. The highest BCUT2D eigenvalue weighted by Gasteiger charge is 2.08. The van der Waals surface area contributed by atoms with Crippen molar-refractivity contribution in [3.63, 3.8) is 0 Å². The van der Waals surface area contributed by atoms with Crippen LogP contribution >= 0.6 is 0 Å². The van der Waals surface area contributed by atoms with Gasteiger partial charge in [-0.15, -0.1) is 0 Å². The number of aryl methyl sites for hydroxylation is 1. The zero-order chi connectivity index (χ0) is 12.7. The van der Waals surface area contributed by atoms with Crippen LogP contribution in [0.25, 0.3) is 0 Å². The predicted molar refractivity (Wildman–Crippen MR) is 66.9 cm³/mol. The summed E-state index contributed by atoms with van der Waals surface area (Å²) in [7, 11) is 0. The molecule has 0 amide bonds. The molecule has 17 heavy (non-hydrogen) atoms. The molecule has 5 heteroatoms. The number of piperazine rings is 1. The van der Waals surface area contributed by atoms with Crippen molar-refractivity contribution in [1.82, 2.24) is 5.32 Å². The van der Waals surface area contributed by atoms with E-state index in [2.05, 4.69) is 41.4 Å². The molecule has 1 aromatic rings. The van der Waals surface area contributed by atoms with Gasteiger partial charge in [0, 0.05) is 31.9 Å². The van der Waals surface area contributed by atoms with Crippen molar-refractivity contribution in [3.05, 3.63) is 29.8 Å². The normalized spacial score (nSPS) is 14.8. The fraction of sp³-hybridized carbons (Fsp3) is 0.417. The Labute approximate surface area is 101 Å². The van der Waals surface area contributed by atoms with Crippen LogP contribution in [0.15, 0.2) is 24.3 Å². The summed E-state index contributed by atoms with van der Waals surface area (Å²) in [6.45, 7) is 6.59. The van der Waals surface area contributed by atoms with Gasteiger partial charge in [-0.1, -0.05) is 17.7 Å². The Morgan fingerprint density at radius 3 is 2.12 bits per heavy atom. The molecule has 0 radical (unpaired) electrons. The molecule has 0 aliphatic carbocycles. The Morgan fingerprint density at radius 2 is 1.65 bits per heavy atom. The van der Waals surface area contributed by atoms with Crippen LogP contribution in [-0.4, -0.2) is 42.5 Å². The van der Waals surface area contributed by atoms with Crippen molar-refractivity contribution in [3.8, 4) is 0 Å². The summed E-state index contributed by atoms with van der Waals surface area (Å²) < 4.78 is 0. The van der Waals surface area contributed by atoms with E-state index in [-0.39, 0.29) is 0 Å². The third-order valence-corrected chi connectivity index (χ3v) is 2.52. The maximum absolute atomic E-state index is 8.56. The maximum Gasteiger partial charge on any atom is 0.503 e. The fourth-order valence-electron chi connectivity index (χ4n) is 1.68. The molecule has 3 N–H and O–H groups in total. The first kappa shape index (κ1) is 13.3. The first-order valence-electron chi connectivity index (χ1n) is 5.54.